The van der Waals surface area contributed by atoms with E-state index in [0.717, 1.165) is 16.0 Å². The van der Waals surface area contributed by atoms with Crippen LogP contribution in [0.15, 0.2) is 47.7 Å². The quantitative estimate of drug-likeness (QED) is 0.826. The number of nitrogens with zero attached hydrogens (tertiary/aromatic N) is 3. The van der Waals surface area contributed by atoms with Gasteiger partial charge in [-0.15, -0.1) is 0 Å². The SMILES string of the molecule is CN1C=C(c2ccc(C(=O)N3CC(F)(F)C3)cc2)C2C=CN=C2C1=O. The molecular formula is C18H15F2N3O2. The monoisotopic (exact) mass is 343 g/mol. The number of amides is 2. The molecule has 1 atom stereocenters. The Morgan fingerprint density at radius 1 is 1.24 bits per heavy atom. The van der Waals surface area contributed by atoms with Crippen molar-refractivity contribution in [3.05, 3.63) is 53.9 Å². The molecule has 1 fully saturated rings. The predicted molar refractivity (Wildman–Crippen MR) is 88.1 cm³/mol. The lowest BCUT2D eigenvalue weighted by Crippen LogP contribution is -2.58. The summed E-state index contributed by atoms with van der Waals surface area (Å²) in [7, 11) is 1.67. The molecule has 7 heteroatoms. The van der Waals surface area contributed by atoms with Crippen LogP contribution in [-0.2, 0) is 4.79 Å². The number of hydrogen-bond acceptors (Lipinski definition) is 3. The number of aliphatic imine (C=N–C) groups is 1. The van der Waals surface area contributed by atoms with Crippen molar-refractivity contribution < 1.29 is 18.4 Å². The number of allylic oxidation sites excluding steroid dienone is 2. The van der Waals surface area contributed by atoms with E-state index in [4.69, 9.17) is 0 Å². The van der Waals surface area contributed by atoms with E-state index < -0.39 is 24.9 Å². The van der Waals surface area contributed by atoms with E-state index in [1.807, 2.05) is 6.08 Å². The zero-order valence-corrected chi connectivity index (χ0v) is 13.4. The Kier molecular flexibility index (Phi) is 3.35. The van der Waals surface area contributed by atoms with Crippen LogP contribution in [0.2, 0.25) is 0 Å². The molecule has 3 aliphatic heterocycles. The van der Waals surface area contributed by atoms with Crippen molar-refractivity contribution in [2.45, 2.75) is 5.92 Å². The van der Waals surface area contributed by atoms with Crippen LogP contribution in [0.5, 0.6) is 0 Å². The Labute approximate surface area is 142 Å². The second-order valence-electron chi connectivity index (χ2n) is 6.43. The number of benzene rings is 1. The van der Waals surface area contributed by atoms with E-state index in [1.54, 1.807) is 43.7 Å². The van der Waals surface area contributed by atoms with Crippen LogP contribution in [0.4, 0.5) is 8.78 Å². The third-order valence-electron chi connectivity index (χ3n) is 4.59. The van der Waals surface area contributed by atoms with Gasteiger partial charge in [0.1, 0.15) is 5.71 Å². The number of alkyl halides is 2. The zero-order chi connectivity index (χ0) is 17.8. The zero-order valence-electron chi connectivity index (χ0n) is 13.4. The van der Waals surface area contributed by atoms with Crippen LogP contribution in [-0.4, -0.2) is 53.4 Å². The lowest BCUT2D eigenvalue weighted by Gasteiger charge is -2.38. The van der Waals surface area contributed by atoms with Gasteiger partial charge < -0.3 is 9.80 Å². The van der Waals surface area contributed by atoms with E-state index in [-0.39, 0.29) is 11.8 Å². The second kappa shape index (κ2) is 5.34. The summed E-state index contributed by atoms with van der Waals surface area (Å²) >= 11 is 0. The number of rotatable bonds is 2. The summed E-state index contributed by atoms with van der Waals surface area (Å²) in [6, 6.07) is 6.79. The Balaban J connectivity index is 1.57. The maximum atomic E-state index is 12.9. The Morgan fingerprint density at radius 3 is 2.56 bits per heavy atom. The van der Waals surface area contributed by atoms with E-state index in [0.29, 0.717) is 11.3 Å². The summed E-state index contributed by atoms with van der Waals surface area (Å²) in [5.41, 5.74) is 2.61. The number of likely N-dealkylation sites (tertiary alicyclic amines) is 1. The topological polar surface area (TPSA) is 53.0 Å². The molecule has 0 aromatic heterocycles. The third-order valence-corrected chi connectivity index (χ3v) is 4.59. The second-order valence-corrected chi connectivity index (χ2v) is 6.43. The first-order valence-electron chi connectivity index (χ1n) is 7.86. The maximum absolute atomic E-state index is 12.9. The van der Waals surface area contributed by atoms with Gasteiger partial charge in [0.15, 0.2) is 0 Å². The van der Waals surface area contributed by atoms with Gasteiger partial charge >= 0.3 is 0 Å². The summed E-state index contributed by atoms with van der Waals surface area (Å²) in [5.74, 6) is -3.50. The summed E-state index contributed by atoms with van der Waals surface area (Å²) in [4.78, 5) is 31.0. The van der Waals surface area contributed by atoms with Crippen LogP contribution in [0.25, 0.3) is 5.57 Å². The van der Waals surface area contributed by atoms with E-state index in [1.165, 1.54) is 4.90 Å². The van der Waals surface area contributed by atoms with Crippen molar-refractivity contribution >= 4 is 23.1 Å². The Bertz CT molecular complexity index is 848. The van der Waals surface area contributed by atoms with Crippen molar-refractivity contribution in [2.75, 3.05) is 20.1 Å². The van der Waals surface area contributed by atoms with E-state index in [9.17, 15) is 18.4 Å². The first-order valence-corrected chi connectivity index (χ1v) is 7.86. The fourth-order valence-corrected chi connectivity index (χ4v) is 3.25. The summed E-state index contributed by atoms with van der Waals surface area (Å²) in [5, 5.41) is 0. The van der Waals surface area contributed by atoms with Gasteiger partial charge in [0.25, 0.3) is 17.7 Å². The standard InChI is InChI=1S/C18H15F2N3O2/c1-22-8-14(13-6-7-21-15(13)17(22)25)11-2-4-12(5-3-11)16(24)23-9-18(19,20)10-23/h2-8,13H,9-10H2,1H3. The smallest absolute Gasteiger partial charge is 0.282 e. The van der Waals surface area contributed by atoms with Crippen molar-refractivity contribution in [3.8, 4) is 0 Å². The van der Waals surface area contributed by atoms with Crippen LogP contribution in [0.3, 0.4) is 0 Å². The van der Waals surface area contributed by atoms with Crippen LogP contribution >= 0.6 is 0 Å². The lowest BCUT2D eigenvalue weighted by atomic mass is 9.87. The Hall–Kier alpha value is -2.83. The summed E-state index contributed by atoms with van der Waals surface area (Å²) in [6.45, 7) is -1.06. The van der Waals surface area contributed by atoms with Gasteiger partial charge in [-0.25, -0.2) is 8.78 Å². The number of hydrogen-bond donors (Lipinski definition) is 0. The summed E-state index contributed by atoms with van der Waals surface area (Å²) < 4.78 is 25.8. The molecule has 0 radical (unpaired) electrons. The molecule has 1 aromatic rings. The largest absolute Gasteiger partial charge is 0.326 e. The molecule has 128 valence electrons. The molecular weight excluding hydrogens is 328 g/mol. The molecule has 25 heavy (non-hydrogen) atoms. The van der Waals surface area contributed by atoms with E-state index >= 15 is 0 Å². The molecule has 5 nitrogen and oxygen atoms in total. The highest BCUT2D eigenvalue weighted by atomic mass is 19.3. The minimum Gasteiger partial charge on any atom is -0.326 e. The number of carbonyl (C=O) groups excluding carboxylic acids is 2. The normalized spacial score (nSPS) is 23.8. The van der Waals surface area contributed by atoms with Gasteiger partial charge in [0, 0.05) is 25.0 Å². The maximum Gasteiger partial charge on any atom is 0.282 e. The first-order chi connectivity index (χ1) is 11.9. The van der Waals surface area contributed by atoms with E-state index in [2.05, 4.69) is 4.99 Å². The fourth-order valence-electron chi connectivity index (χ4n) is 3.25. The lowest BCUT2D eigenvalue weighted by molar-refractivity contribution is -0.121. The molecule has 1 saturated heterocycles. The number of fused-ring (bicyclic) bond motifs is 1. The molecule has 0 N–H and O–H groups in total. The minimum absolute atomic E-state index is 0.135. The molecule has 0 saturated carbocycles. The third kappa shape index (κ3) is 2.56. The van der Waals surface area contributed by atoms with Gasteiger partial charge in [-0.05, 0) is 23.3 Å². The Morgan fingerprint density at radius 2 is 1.92 bits per heavy atom. The van der Waals surface area contributed by atoms with Gasteiger partial charge in [-0.3, -0.25) is 14.6 Å². The summed E-state index contributed by atoms with van der Waals surface area (Å²) in [6.07, 6.45) is 5.23. The van der Waals surface area contributed by atoms with Crippen LogP contribution in [0, 0.1) is 5.92 Å². The van der Waals surface area contributed by atoms with Gasteiger partial charge in [-0.2, -0.15) is 0 Å². The molecule has 0 aliphatic carbocycles. The van der Waals surface area contributed by atoms with Gasteiger partial charge in [0.2, 0.25) is 0 Å². The minimum atomic E-state index is -2.77. The van der Waals surface area contributed by atoms with Crippen LogP contribution in [0.1, 0.15) is 15.9 Å². The van der Waals surface area contributed by atoms with Crippen molar-refractivity contribution in [1.29, 1.82) is 0 Å². The van der Waals surface area contributed by atoms with Gasteiger partial charge in [-0.1, -0.05) is 18.2 Å². The van der Waals surface area contributed by atoms with Crippen molar-refractivity contribution in [1.82, 2.24) is 9.80 Å². The van der Waals surface area contributed by atoms with Crippen LogP contribution < -0.4 is 0 Å². The first kappa shape index (κ1) is 15.7. The fraction of sp³-hybridized carbons (Fsp3) is 0.278. The average molecular weight is 343 g/mol. The predicted octanol–water partition coefficient (Wildman–Crippen LogP) is 2.18. The molecule has 1 unspecified atom stereocenters. The molecule has 2 amide bonds. The number of carbonyl (C=O) groups is 2. The highest BCUT2D eigenvalue weighted by Gasteiger charge is 2.46. The highest BCUT2D eigenvalue weighted by molar-refractivity contribution is 6.44. The molecule has 3 heterocycles. The molecule has 3 aliphatic rings. The molecule has 1 aromatic carbocycles. The van der Waals surface area contributed by atoms with Gasteiger partial charge in [0.05, 0.1) is 19.0 Å². The molecule has 0 bridgehead atoms. The average Bonchev–Trinajstić information content (AvgIpc) is 3.05. The molecule has 0 spiro atoms. The number of halogens is 2. The van der Waals surface area contributed by atoms with Crippen molar-refractivity contribution in [3.63, 3.8) is 0 Å². The van der Waals surface area contributed by atoms with Crippen molar-refractivity contribution in [2.24, 2.45) is 10.9 Å². The molecule has 4 rings (SSSR count). The highest BCUT2D eigenvalue weighted by Crippen LogP contribution is 2.33.